The summed E-state index contributed by atoms with van der Waals surface area (Å²) in [5, 5.41) is 3.52. The zero-order valence-corrected chi connectivity index (χ0v) is 15.3. The first-order valence-electron chi connectivity index (χ1n) is 9.13. The number of aromatic nitrogens is 1. The molecule has 1 amide bonds. The Balaban J connectivity index is 1.62. The largest absolute Gasteiger partial charge is 0.338 e. The van der Waals surface area contributed by atoms with E-state index in [1.54, 1.807) is 6.92 Å². The van der Waals surface area contributed by atoms with Gasteiger partial charge in [0.15, 0.2) is 0 Å². The molecular formula is C18H29N3OS. The highest BCUT2D eigenvalue weighted by Gasteiger charge is 2.38. The molecule has 2 saturated heterocycles. The van der Waals surface area contributed by atoms with Crippen LogP contribution < -0.4 is 0 Å². The Labute approximate surface area is 143 Å². The Morgan fingerprint density at radius 2 is 2.09 bits per heavy atom. The van der Waals surface area contributed by atoms with Crippen LogP contribution in [0.4, 0.5) is 0 Å². The first-order chi connectivity index (χ1) is 11.2. The Morgan fingerprint density at radius 1 is 1.30 bits per heavy atom. The van der Waals surface area contributed by atoms with Crippen LogP contribution >= 0.6 is 11.3 Å². The first-order valence-corrected chi connectivity index (χ1v) is 10.0. The second kappa shape index (κ2) is 7.75. The Bertz CT molecular complexity index is 530. The minimum atomic E-state index is 0.245. The molecule has 3 heterocycles. The lowest BCUT2D eigenvalue weighted by molar-refractivity contribution is -0.130. The molecule has 0 radical (unpaired) electrons. The van der Waals surface area contributed by atoms with E-state index in [2.05, 4.69) is 22.1 Å². The number of hydrogen-bond donors (Lipinski definition) is 0. The molecule has 23 heavy (non-hydrogen) atoms. The average molecular weight is 336 g/mol. The molecule has 0 aromatic carbocycles. The van der Waals surface area contributed by atoms with Crippen molar-refractivity contribution in [2.75, 3.05) is 13.1 Å². The van der Waals surface area contributed by atoms with Crippen molar-refractivity contribution >= 4 is 17.2 Å². The van der Waals surface area contributed by atoms with Gasteiger partial charge in [0.2, 0.25) is 5.91 Å². The van der Waals surface area contributed by atoms with E-state index in [4.69, 9.17) is 4.98 Å². The third kappa shape index (κ3) is 3.94. The lowest BCUT2D eigenvalue weighted by Crippen LogP contribution is -2.47. The smallest absolute Gasteiger partial charge is 0.219 e. The predicted octanol–water partition coefficient (Wildman–Crippen LogP) is 3.46. The molecule has 4 nitrogen and oxygen atoms in total. The summed E-state index contributed by atoms with van der Waals surface area (Å²) < 4.78 is 0. The van der Waals surface area contributed by atoms with Crippen molar-refractivity contribution in [3.8, 4) is 0 Å². The lowest BCUT2D eigenvalue weighted by Gasteiger charge is -2.34. The Kier molecular flexibility index (Phi) is 5.70. The standard InChI is InChI=1S/C18H29N3OS/c1-3-4-9-18-19-15(13-23-18)12-20-10-5-7-16(20)17-8-6-11-21(17)14(2)22/h13,16-17H,3-12H2,1-2H3/t16-,17-/m0/s1. The monoisotopic (exact) mass is 335 g/mol. The number of aryl methyl sites for hydroxylation is 1. The zero-order valence-electron chi connectivity index (χ0n) is 14.5. The van der Waals surface area contributed by atoms with Crippen molar-refractivity contribution < 1.29 is 4.79 Å². The van der Waals surface area contributed by atoms with Gasteiger partial charge in [0, 0.05) is 37.5 Å². The fraction of sp³-hybridized carbons (Fsp3) is 0.778. The van der Waals surface area contributed by atoms with Gasteiger partial charge in [-0.2, -0.15) is 0 Å². The molecule has 5 heteroatoms. The van der Waals surface area contributed by atoms with Gasteiger partial charge in [0.25, 0.3) is 0 Å². The molecule has 128 valence electrons. The summed E-state index contributed by atoms with van der Waals surface area (Å²) in [5.74, 6) is 0.245. The highest BCUT2D eigenvalue weighted by Crippen LogP contribution is 2.31. The molecule has 2 aliphatic heterocycles. The molecule has 1 aromatic rings. The van der Waals surface area contributed by atoms with Gasteiger partial charge >= 0.3 is 0 Å². The lowest BCUT2D eigenvalue weighted by atomic mass is 10.0. The number of thiazole rings is 1. The molecule has 2 atom stereocenters. The van der Waals surface area contributed by atoms with E-state index in [0.717, 1.165) is 32.5 Å². The minimum Gasteiger partial charge on any atom is -0.338 e. The number of unbranched alkanes of at least 4 members (excludes halogenated alkanes) is 1. The van der Waals surface area contributed by atoms with Gasteiger partial charge in [-0.25, -0.2) is 4.98 Å². The fourth-order valence-electron chi connectivity index (χ4n) is 4.14. The number of nitrogens with zero attached hydrogens (tertiary/aromatic N) is 3. The molecule has 2 aliphatic rings. The number of rotatable bonds is 6. The van der Waals surface area contributed by atoms with E-state index in [0.29, 0.717) is 12.1 Å². The summed E-state index contributed by atoms with van der Waals surface area (Å²) in [7, 11) is 0. The van der Waals surface area contributed by atoms with Crippen molar-refractivity contribution in [1.29, 1.82) is 0 Å². The normalized spacial score (nSPS) is 25.4. The maximum absolute atomic E-state index is 11.9. The van der Waals surface area contributed by atoms with Gasteiger partial charge in [-0.05, 0) is 45.1 Å². The van der Waals surface area contributed by atoms with Crippen LogP contribution in [0.5, 0.6) is 0 Å². The van der Waals surface area contributed by atoms with Crippen LogP contribution in [-0.2, 0) is 17.8 Å². The second-order valence-electron chi connectivity index (χ2n) is 6.94. The highest BCUT2D eigenvalue weighted by atomic mass is 32.1. The van der Waals surface area contributed by atoms with E-state index in [-0.39, 0.29) is 5.91 Å². The molecule has 0 bridgehead atoms. The van der Waals surface area contributed by atoms with Crippen LogP contribution in [0.1, 0.15) is 63.1 Å². The molecule has 0 unspecified atom stereocenters. The number of likely N-dealkylation sites (tertiary alicyclic amines) is 2. The summed E-state index contributed by atoms with van der Waals surface area (Å²) in [6.45, 7) is 7.00. The van der Waals surface area contributed by atoms with Crippen LogP contribution in [0.25, 0.3) is 0 Å². The molecule has 0 saturated carbocycles. The molecule has 2 fully saturated rings. The number of hydrogen-bond acceptors (Lipinski definition) is 4. The fourth-order valence-corrected chi connectivity index (χ4v) is 4.97. The third-order valence-corrected chi connectivity index (χ3v) is 6.23. The van der Waals surface area contributed by atoms with Crippen molar-refractivity contribution in [3.05, 3.63) is 16.1 Å². The van der Waals surface area contributed by atoms with E-state index in [1.165, 1.54) is 42.8 Å². The molecule has 0 aliphatic carbocycles. The predicted molar refractivity (Wildman–Crippen MR) is 94.6 cm³/mol. The van der Waals surface area contributed by atoms with E-state index >= 15 is 0 Å². The SMILES string of the molecule is CCCCc1nc(CN2CCC[C@H]2[C@@H]2CCCN2C(C)=O)cs1. The van der Waals surface area contributed by atoms with Crippen LogP contribution in [-0.4, -0.2) is 45.9 Å². The molecule has 0 spiro atoms. The highest BCUT2D eigenvalue weighted by molar-refractivity contribution is 7.09. The average Bonchev–Trinajstić information content (AvgIpc) is 3.25. The number of amides is 1. The van der Waals surface area contributed by atoms with Crippen LogP contribution in [0.3, 0.4) is 0 Å². The topological polar surface area (TPSA) is 36.4 Å². The minimum absolute atomic E-state index is 0.245. The summed E-state index contributed by atoms with van der Waals surface area (Å²) >= 11 is 1.81. The van der Waals surface area contributed by atoms with Gasteiger partial charge in [-0.3, -0.25) is 9.69 Å². The maximum atomic E-state index is 11.9. The molecule has 3 rings (SSSR count). The van der Waals surface area contributed by atoms with Crippen molar-refractivity contribution in [3.63, 3.8) is 0 Å². The van der Waals surface area contributed by atoms with E-state index in [1.807, 2.05) is 11.3 Å². The number of carbonyl (C=O) groups is 1. The second-order valence-corrected chi connectivity index (χ2v) is 7.88. The molecular weight excluding hydrogens is 306 g/mol. The summed E-state index contributed by atoms with van der Waals surface area (Å²) in [6, 6.07) is 0.954. The first kappa shape index (κ1) is 16.9. The third-order valence-electron chi connectivity index (χ3n) is 5.27. The summed E-state index contributed by atoms with van der Waals surface area (Å²) in [5.41, 5.74) is 1.22. The molecule has 1 aromatic heterocycles. The summed E-state index contributed by atoms with van der Waals surface area (Å²) in [6.07, 6.45) is 8.37. The van der Waals surface area contributed by atoms with E-state index in [9.17, 15) is 4.79 Å². The molecule has 0 N–H and O–H groups in total. The van der Waals surface area contributed by atoms with Crippen molar-refractivity contribution in [2.45, 2.75) is 77.4 Å². The van der Waals surface area contributed by atoms with Crippen molar-refractivity contribution in [2.24, 2.45) is 0 Å². The Morgan fingerprint density at radius 3 is 2.87 bits per heavy atom. The van der Waals surface area contributed by atoms with Gasteiger partial charge in [-0.15, -0.1) is 11.3 Å². The van der Waals surface area contributed by atoms with Gasteiger partial charge < -0.3 is 4.90 Å². The van der Waals surface area contributed by atoms with E-state index < -0.39 is 0 Å². The zero-order chi connectivity index (χ0) is 16.2. The van der Waals surface area contributed by atoms with Gasteiger partial charge in [0.05, 0.1) is 10.7 Å². The van der Waals surface area contributed by atoms with Crippen LogP contribution in [0, 0.1) is 0 Å². The van der Waals surface area contributed by atoms with Crippen molar-refractivity contribution in [1.82, 2.24) is 14.8 Å². The number of carbonyl (C=O) groups excluding carboxylic acids is 1. The van der Waals surface area contributed by atoms with Gasteiger partial charge in [-0.1, -0.05) is 13.3 Å². The maximum Gasteiger partial charge on any atom is 0.219 e. The summed E-state index contributed by atoms with van der Waals surface area (Å²) in [4.78, 5) is 21.4. The van der Waals surface area contributed by atoms with Gasteiger partial charge in [0.1, 0.15) is 0 Å². The van der Waals surface area contributed by atoms with Crippen LogP contribution in [0.2, 0.25) is 0 Å². The quantitative estimate of drug-likeness (QED) is 0.799. The van der Waals surface area contributed by atoms with Crippen LogP contribution in [0.15, 0.2) is 5.38 Å². The Hall–Kier alpha value is -0.940.